The molecule has 190 valence electrons. The summed E-state index contributed by atoms with van der Waals surface area (Å²) in [6, 6.07) is 11.5. The predicted octanol–water partition coefficient (Wildman–Crippen LogP) is 3.16. The van der Waals surface area contributed by atoms with Crippen LogP contribution in [-0.4, -0.2) is 66.8 Å². The fourth-order valence-corrected chi connectivity index (χ4v) is 6.36. The maximum atomic E-state index is 12.7. The molecule has 0 aliphatic carbocycles. The van der Waals surface area contributed by atoms with Gasteiger partial charge in [-0.25, -0.2) is 8.42 Å². The van der Waals surface area contributed by atoms with Crippen molar-refractivity contribution in [2.75, 3.05) is 42.7 Å². The first-order valence-corrected chi connectivity index (χ1v) is 14.3. The van der Waals surface area contributed by atoms with Crippen LogP contribution in [0.4, 0.5) is 10.8 Å². The van der Waals surface area contributed by atoms with Crippen molar-refractivity contribution < 1.29 is 22.7 Å². The SMILES string of the molecule is Cc1cccc(NC(=O)CSc2nnc(NC(=O)c3ccc(S(=O)(=O)N4CCOCC4)cc3)s2)c1C. The molecule has 0 spiro atoms. The van der Waals surface area contributed by atoms with Crippen LogP contribution in [0.2, 0.25) is 0 Å². The maximum absolute atomic E-state index is 12.7. The van der Waals surface area contributed by atoms with Crippen molar-refractivity contribution in [3.8, 4) is 0 Å². The number of aromatic nitrogens is 2. The quantitative estimate of drug-likeness (QED) is 0.325. The van der Waals surface area contributed by atoms with Gasteiger partial charge >= 0.3 is 0 Å². The number of hydrogen-bond donors (Lipinski definition) is 2. The fourth-order valence-electron chi connectivity index (χ4n) is 3.40. The van der Waals surface area contributed by atoms with Gasteiger partial charge in [-0.2, -0.15) is 4.31 Å². The second-order valence-corrected chi connectivity index (χ2v) is 12.1. The molecule has 10 nitrogen and oxygen atoms in total. The van der Waals surface area contributed by atoms with Gasteiger partial charge in [0, 0.05) is 24.3 Å². The van der Waals surface area contributed by atoms with Crippen molar-refractivity contribution in [2.24, 2.45) is 0 Å². The van der Waals surface area contributed by atoms with E-state index in [4.69, 9.17) is 4.74 Å². The average molecular weight is 548 g/mol. The topological polar surface area (TPSA) is 131 Å². The Bertz CT molecular complexity index is 1350. The molecule has 3 aromatic rings. The molecule has 36 heavy (non-hydrogen) atoms. The van der Waals surface area contributed by atoms with Gasteiger partial charge < -0.3 is 10.1 Å². The molecule has 2 amide bonds. The zero-order valence-corrected chi connectivity index (χ0v) is 22.1. The van der Waals surface area contributed by atoms with Gasteiger partial charge in [-0.15, -0.1) is 10.2 Å². The highest BCUT2D eigenvalue weighted by Crippen LogP contribution is 2.27. The van der Waals surface area contributed by atoms with Crippen LogP contribution < -0.4 is 10.6 Å². The van der Waals surface area contributed by atoms with Crippen LogP contribution in [0.25, 0.3) is 0 Å². The number of thioether (sulfide) groups is 1. The minimum atomic E-state index is -3.63. The lowest BCUT2D eigenvalue weighted by molar-refractivity contribution is -0.113. The van der Waals surface area contributed by atoms with Gasteiger partial charge in [-0.3, -0.25) is 14.9 Å². The summed E-state index contributed by atoms with van der Waals surface area (Å²) in [5.74, 6) is -0.457. The van der Waals surface area contributed by atoms with Crippen molar-refractivity contribution in [3.63, 3.8) is 0 Å². The molecular formula is C23H25N5O5S3. The first-order valence-electron chi connectivity index (χ1n) is 11.1. The minimum absolute atomic E-state index is 0.120. The van der Waals surface area contributed by atoms with Crippen molar-refractivity contribution in [3.05, 3.63) is 59.2 Å². The van der Waals surface area contributed by atoms with Gasteiger partial charge in [-0.1, -0.05) is 35.2 Å². The Morgan fingerprint density at radius 3 is 2.50 bits per heavy atom. The van der Waals surface area contributed by atoms with Crippen molar-refractivity contribution in [2.45, 2.75) is 23.1 Å². The number of carbonyl (C=O) groups excluding carboxylic acids is 2. The summed E-state index contributed by atoms with van der Waals surface area (Å²) < 4.78 is 32.6. The van der Waals surface area contributed by atoms with Gasteiger partial charge in [0.15, 0.2) is 4.34 Å². The zero-order valence-electron chi connectivity index (χ0n) is 19.7. The molecule has 1 aromatic heterocycles. The Kier molecular flexibility index (Phi) is 8.36. The Morgan fingerprint density at radius 2 is 1.78 bits per heavy atom. The Balaban J connectivity index is 1.31. The van der Waals surface area contributed by atoms with E-state index < -0.39 is 15.9 Å². The van der Waals surface area contributed by atoms with Crippen LogP contribution in [0.15, 0.2) is 51.7 Å². The normalized spacial score (nSPS) is 14.4. The Labute approximate surface area is 217 Å². The molecule has 1 aliphatic heterocycles. The van der Waals surface area contributed by atoms with Gasteiger partial charge in [0.05, 0.1) is 23.9 Å². The van der Waals surface area contributed by atoms with Crippen LogP contribution in [0.5, 0.6) is 0 Å². The van der Waals surface area contributed by atoms with E-state index >= 15 is 0 Å². The summed E-state index contributed by atoms with van der Waals surface area (Å²) >= 11 is 2.37. The smallest absolute Gasteiger partial charge is 0.257 e. The van der Waals surface area contributed by atoms with Crippen LogP contribution in [0, 0.1) is 13.8 Å². The molecule has 4 rings (SSSR count). The lowest BCUT2D eigenvalue weighted by Gasteiger charge is -2.26. The van der Waals surface area contributed by atoms with Gasteiger partial charge in [0.2, 0.25) is 21.1 Å². The number of sulfonamides is 1. The average Bonchev–Trinajstić information content (AvgIpc) is 3.33. The number of carbonyl (C=O) groups is 2. The Morgan fingerprint density at radius 1 is 1.06 bits per heavy atom. The largest absolute Gasteiger partial charge is 0.379 e. The lowest BCUT2D eigenvalue weighted by atomic mass is 10.1. The maximum Gasteiger partial charge on any atom is 0.257 e. The molecule has 13 heteroatoms. The number of nitrogens with one attached hydrogen (secondary N) is 2. The van der Waals surface area contributed by atoms with E-state index in [1.165, 1.54) is 40.3 Å². The molecule has 0 atom stereocenters. The van der Waals surface area contributed by atoms with Gasteiger partial charge in [0.1, 0.15) is 0 Å². The Hall–Kier alpha value is -2.84. The van der Waals surface area contributed by atoms with Crippen LogP contribution in [-0.2, 0) is 19.6 Å². The highest BCUT2D eigenvalue weighted by atomic mass is 32.2. The minimum Gasteiger partial charge on any atom is -0.379 e. The number of hydrogen-bond acceptors (Lipinski definition) is 9. The van der Waals surface area contributed by atoms with Crippen molar-refractivity contribution in [1.29, 1.82) is 0 Å². The van der Waals surface area contributed by atoms with Crippen LogP contribution in [0.3, 0.4) is 0 Å². The standard InChI is InChI=1S/C23H25N5O5S3/c1-15-4-3-5-19(16(15)2)24-20(29)14-34-23-27-26-22(35-23)25-21(30)17-6-8-18(9-7-17)36(31,32)28-10-12-33-13-11-28/h3-9H,10-14H2,1-2H3,(H,24,29)(H,25,26,30). The number of benzene rings is 2. The summed E-state index contributed by atoms with van der Waals surface area (Å²) in [4.78, 5) is 25.0. The van der Waals surface area contributed by atoms with E-state index in [1.807, 2.05) is 32.0 Å². The third-order valence-corrected chi connectivity index (χ3v) is 9.44. The molecule has 0 radical (unpaired) electrons. The summed E-state index contributed by atoms with van der Waals surface area (Å²) in [6.45, 7) is 5.26. The fraction of sp³-hybridized carbons (Fsp3) is 0.304. The van der Waals surface area contributed by atoms with Gasteiger partial charge in [0.25, 0.3) is 5.91 Å². The van der Waals surface area contributed by atoms with Crippen LogP contribution in [0.1, 0.15) is 21.5 Å². The van der Waals surface area contributed by atoms with E-state index in [9.17, 15) is 18.0 Å². The number of rotatable bonds is 8. The first kappa shape index (κ1) is 26.2. The number of ether oxygens (including phenoxy) is 1. The summed E-state index contributed by atoms with van der Waals surface area (Å²) in [6.07, 6.45) is 0. The number of aryl methyl sites for hydroxylation is 1. The van der Waals surface area contributed by atoms with Crippen LogP contribution >= 0.6 is 23.1 Å². The van der Waals surface area contributed by atoms with E-state index in [2.05, 4.69) is 20.8 Å². The summed E-state index contributed by atoms with van der Waals surface area (Å²) in [7, 11) is -3.63. The molecule has 1 saturated heterocycles. The van der Waals surface area contributed by atoms with E-state index in [0.29, 0.717) is 30.6 Å². The highest BCUT2D eigenvalue weighted by Gasteiger charge is 2.26. The lowest BCUT2D eigenvalue weighted by Crippen LogP contribution is -2.40. The number of morpholine rings is 1. The molecule has 0 bridgehead atoms. The molecule has 2 aromatic carbocycles. The molecule has 2 N–H and O–H groups in total. The highest BCUT2D eigenvalue weighted by molar-refractivity contribution is 8.01. The number of anilines is 2. The third kappa shape index (κ3) is 6.28. The van der Waals surface area contributed by atoms with E-state index in [-0.39, 0.29) is 27.3 Å². The van der Waals surface area contributed by atoms with Gasteiger partial charge in [-0.05, 0) is 55.3 Å². The van der Waals surface area contributed by atoms with Crippen molar-refractivity contribution >= 4 is 55.8 Å². The first-order chi connectivity index (χ1) is 17.2. The molecule has 2 heterocycles. The second-order valence-electron chi connectivity index (χ2n) is 7.95. The second kappa shape index (κ2) is 11.5. The predicted molar refractivity (Wildman–Crippen MR) is 139 cm³/mol. The van der Waals surface area contributed by atoms with E-state index in [0.717, 1.165) is 28.2 Å². The van der Waals surface area contributed by atoms with E-state index in [1.54, 1.807) is 0 Å². The monoisotopic (exact) mass is 547 g/mol. The summed E-state index contributed by atoms with van der Waals surface area (Å²) in [5.41, 5.74) is 3.17. The van der Waals surface area contributed by atoms with Crippen molar-refractivity contribution in [1.82, 2.24) is 14.5 Å². The number of amides is 2. The molecule has 1 aliphatic rings. The summed E-state index contributed by atoms with van der Waals surface area (Å²) in [5, 5.41) is 13.8. The molecule has 0 saturated carbocycles. The molecular weight excluding hydrogens is 522 g/mol. The molecule has 0 unspecified atom stereocenters. The molecule has 1 fully saturated rings. The number of nitrogens with zero attached hydrogens (tertiary/aromatic N) is 3. The third-order valence-electron chi connectivity index (χ3n) is 5.56. The zero-order chi connectivity index (χ0) is 25.7.